The van der Waals surface area contributed by atoms with E-state index in [1.165, 1.54) is 6.92 Å². The van der Waals surface area contributed by atoms with Crippen molar-refractivity contribution in [3.63, 3.8) is 0 Å². The Labute approximate surface area is 123 Å². The van der Waals surface area contributed by atoms with Crippen molar-refractivity contribution in [3.8, 4) is 0 Å². The second-order valence-electron chi connectivity index (χ2n) is 4.95. The van der Waals surface area contributed by atoms with Crippen LogP contribution in [0.15, 0.2) is 30.3 Å². The Kier molecular flexibility index (Phi) is 4.87. The number of benzene rings is 1. The van der Waals surface area contributed by atoms with Gasteiger partial charge in [-0.3, -0.25) is 14.6 Å². The lowest BCUT2D eigenvalue weighted by atomic mass is 10.1. The van der Waals surface area contributed by atoms with Crippen LogP contribution in [0, 0.1) is 6.92 Å². The van der Waals surface area contributed by atoms with E-state index in [4.69, 9.17) is 0 Å². The Bertz CT molecular complexity index is 668. The first kappa shape index (κ1) is 15.0. The number of carbonyl (C=O) groups excluding carboxylic acids is 2. The van der Waals surface area contributed by atoms with E-state index >= 15 is 0 Å². The first-order valence-corrected chi connectivity index (χ1v) is 6.96. The lowest BCUT2D eigenvalue weighted by Gasteiger charge is -2.07. The molecule has 0 radical (unpaired) electrons. The van der Waals surface area contributed by atoms with Crippen LogP contribution in [0.1, 0.15) is 29.4 Å². The topological polar surface area (TPSA) is 71.1 Å². The number of rotatable bonds is 5. The lowest BCUT2D eigenvalue weighted by Crippen LogP contribution is -2.28. The summed E-state index contributed by atoms with van der Waals surface area (Å²) in [6.45, 7) is 4.51. The number of hydrogen-bond donors (Lipinski definition) is 2. The van der Waals surface area contributed by atoms with Gasteiger partial charge in [-0.1, -0.05) is 6.07 Å². The van der Waals surface area contributed by atoms with E-state index in [9.17, 15) is 9.59 Å². The van der Waals surface area contributed by atoms with Gasteiger partial charge >= 0.3 is 0 Å². The molecular formula is C16H19N3O2. The maximum absolute atomic E-state index is 12.0. The van der Waals surface area contributed by atoms with Gasteiger partial charge in [0.05, 0.1) is 5.52 Å². The van der Waals surface area contributed by atoms with Gasteiger partial charge in [0.25, 0.3) is 5.91 Å². The van der Waals surface area contributed by atoms with E-state index in [1.54, 1.807) is 6.07 Å². The van der Waals surface area contributed by atoms with Crippen LogP contribution < -0.4 is 10.6 Å². The Morgan fingerprint density at radius 2 is 1.86 bits per heavy atom. The van der Waals surface area contributed by atoms with Crippen molar-refractivity contribution in [2.45, 2.75) is 20.3 Å². The van der Waals surface area contributed by atoms with Crippen LogP contribution >= 0.6 is 0 Å². The zero-order valence-corrected chi connectivity index (χ0v) is 12.3. The van der Waals surface area contributed by atoms with E-state index in [-0.39, 0.29) is 11.8 Å². The van der Waals surface area contributed by atoms with E-state index in [2.05, 4.69) is 15.6 Å². The van der Waals surface area contributed by atoms with Crippen LogP contribution in [0.3, 0.4) is 0 Å². The average Bonchev–Trinajstić information content (AvgIpc) is 2.45. The van der Waals surface area contributed by atoms with Crippen LogP contribution in [0.5, 0.6) is 0 Å². The highest BCUT2D eigenvalue weighted by Crippen LogP contribution is 2.14. The molecule has 0 fully saturated rings. The highest BCUT2D eigenvalue weighted by Gasteiger charge is 2.06. The average molecular weight is 285 g/mol. The van der Waals surface area contributed by atoms with Crippen molar-refractivity contribution in [1.82, 2.24) is 15.6 Å². The van der Waals surface area contributed by atoms with Gasteiger partial charge in [0.1, 0.15) is 0 Å². The molecule has 1 aromatic heterocycles. The van der Waals surface area contributed by atoms with Gasteiger partial charge in [-0.2, -0.15) is 0 Å². The molecule has 0 spiro atoms. The number of nitrogens with zero attached hydrogens (tertiary/aromatic N) is 1. The molecule has 5 nitrogen and oxygen atoms in total. The Morgan fingerprint density at radius 1 is 1.10 bits per heavy atom. The Hall–Kier alpha value is -2.43. The summed E-state index contributed by atoms with van der Waals surface area (Å²) in [5.74, 6) is -0.168. The highest BCUT2D eigenvalue weighted by atomic mass is 16.2. The van der Waals surface area contributed by atoms with E-state index in [0.717, 1.165) is 16.6 Å². The fraction of sp³-hybridized carbons (Fsp3) is 0.312. The number of aryl methyl sites for hydroxylation is 1. The van der Waals surface area contributed by atoms with E-state index in [0.29, 0.717) is 25.1 Å². The van der Waals surface area contributed by atoms with Crippen LogP contribution in [-0.2, 0) is 4.79 Å². The van der Waals surface area contributed by atoms with Crippen molar-refractivity contribution in [3.05, 3.63) is 41.6 Å². The summed E-state index contributed by atoms with van der Waals surface area (Å²) < 4.78 is 0. The number of amides is 2. The molecule has 0 bridgehead atoms. The highest BCUT2D eigenvalue weighted by molar-refractivity contribution is 5.97. The number of nitrogens with one attached hydrogen (secondary N) is 2. The van der Waals surface area contributed by atoms with Crippen molar-refractivity contribution in [2.75, 3.05) is 13.1 Å². The molecular weight excluding hydrogens is 266 g/mol. The third kappa shape index (κ3) is 4.27. The first-order valence-electron chi connectivity index (χ1n) is 6.96. The molecule has 0 aliphatic carbocycles. The number of pyridine rings is 1. The van der Waals surface area contributed by atoms with Crippen molar-refractivity contribution < 1.29 is 9.59 Å². The van der Waals surface area contributed by atoms with Crippen LogP contribution in [0.4, 0.5) is 0 Å². The fourth-order valence-electron chi connectivity index (χ4n) is 2.03. The smallest absolute Gasteiger partial charge is 0.251 e. The summed E-state index contributed by atoms with van der Waals surface area (Å²) in [4.78, 5) is 27.1. The van der Waals surface area contributed by atoms with E-state index < -0.39 is 0 Å². The van der Waals surface area contributed by atoms with Crippen molar-refractivity contribution in [1.29, 1.82) is 0 Å². The SMILES string of the molecule is CC(=O)NCCCNC(=O)c1ccc2nc(C)ccc2c1. The number of carbonyl (C=O) groups is 2. The molecule has 0 saturated heterocycles. The first-order chi connectivity index (χ1) is 10.1. The predicted octanol–water partition coefficient (Wildman–Crippen LogP) is 1.80. The van der Waals surface area contributed by atoms with Gasteiger partial charge < -0.3 is 10.6 Å². The third-order valence-corrected chi connectivity index (χ3v) is 3.10. The van der Waals surface area contributed by atoms with Crippen LogP contribution in [0.2, 0.25) is 0 Å². The zero-order valence-electron chi connectivity index (χ0n) is 12.3. The summed E-state index contributed by atoms with van der Waals surface area (Å²) in [7, 11) is 0. The quantitative estimate of drug-likeness (QED) is 0.823. The minimum absolute atomic E-state index is 0.0568. The minimum atomic E-state index is -0.111. The van der Waals surface area contributed by atoms with Crippen LogP contribution in [0.25, 0.3) is 10.9 Å². The van der Waals surface area contributed by atoms with Crippen LogP contribution in [-0.4, -0.2) is 29.9 Å². The fourth-order valence-corrected chi connectivity index (χ4v) is 2.03. The van der Waals surface area contributed by atoms with Gasteiger partial charge in [0.15, 0.2) is 0 Å². The summed E-state index contributed by atoms with van der Waals surface area (Å²) in [5, 5.41) is 6.48. The number of hydrogen-bond acceptors (Lipinski definition) is 3. The Morgan fingerprint density at radius 3 is 2.62 bits per heavy atom. The largest absolute Gasteiger partial charge is 0.356 e. The van der Waals surface area contributed by atoms with Crippen molar-refractivity contribution in [2.24, 2.45) is 0 Å². The molecule has 0 unspecified atom stereocenters. The number of fused-ring (bicyclic) bond motifs is 1. The molecule has 21 heavy (non-hydrogen) atoms. The maximum Gasteiger partial charge on any atom is 0.251 e. The molecule has 0 atom stereocenters. The molecule has 1 heterocycles. The molecule has 1 aromatic carbocycles. The molecule has 0 saturated carbocycles. The molecule has 2 N–H and O–H groups in total. The van der Waals surface area contributed by atoms with E-state index in [1.807, 2.05) is 31.2 Å². The Balaban J connectivity index is 1.93. The standard InChI is InChI=1S/C16H19N3O2/c1-11-4-5-13-10-14(6-7-15(13)19-11)16(21)18-9-3-8-17-12(2)20/h4-7,10H,3,8-9H2,1-2H3,(H,17,20)(H,18,21). The van der Waals surface area contributed by atoms with Gasteiger partial charge in [0, 0.05) is 36.7 Å². The molecule has 5 heteroatoms. The second-order valence-corrected chi connectivity index (χ2v) is 4.95. The minimum Gasteiger partial charge on any atom is -0.356 e. The zero-order chi connectivity index (χ0) is 15.2. The lowest BCUT2D eigenvalue weighted by molar-refractivity contribution is -0.118. The molecule has 2 rings (SSSR count). The maximum atomic E-state index is 12.0. The summed E-state index contributed by atoms with van der Waals surface area (Å²) in [6.07, 6.45) is 0.708. The van der Waals surface area contributed by atoms with Crippen molar-refractivity contribution >= 4 is 22.7 Å². The monoisotopic (exact) mass is 285 g/mol. The molecule has 0 aliphatic heterocycles. The molecule has 2 amide bonds. The van der Waals surface area contributed by atoms with Gasteiger partial charge in [-0.25, -0.2) is 0 Å². The predicted molar refractivity (Wildman–Crippen MR) is 82.1 cm³/mol. The van der Waals surface area contributed by atoms with Gasteiger partial charge in [0.2, 0.25) is 5.91 Å². The summed E-state index contributed by atoms with van der Waals surface area (Å²) in [6, 6.07) is 9.36. The molecule has 0 aliphatic rings. The number of aromatic nitrogens is 1. The molecule has 2 aromatic rings. The third-order valence-electron chi connectivity index (χ3n) is 3.10. The van der Waals surface area contributed by atoms with Gasteiger partial charge in [-0.15, -0.1) is 0 Å². The van der Waals surface area contributed by atoms with Gasteiger partial charge in [-0.05, 0) is 37.6 Å². The normalized spacial score (nSPS) is 10.4. The second kappa shape index (κ2) is 6.83. The summed E-state index contributed by atoms with van der Waals surface area (Å²) in [5.41, 5.74) is 2.46. The molecule has 110 valence electrons. The summed E-state index contributed by atoms with van der Waals surface area (Å²) >= 11 is 0.